The molecular weight excluding hydrogens is 326 g/mol. The Balaban J connectivity index is 1.74. The van der Waals surface area contributed by atoms with Gasteiger partial charge in [0.2, 0.25) is 0 Å². The molecule has 1 N–H and O–H groups in total. The number of likely N-dealkylation sites (tertiary alicyclic amines) is 1. The van der Waals surface area contributed by atoms with E-state index in [2.05, 4.69) is 9.97 Å². The topological polar surface area (TPSA) is 79.2 Å². The standard InChI is InChI=1S/C17H21N3O3S/c1-11-18-14(8-16(21)19-11)12-4-3-7-20(9-12)17(22)15-6-5-13(23-15)10-24-2/h5-6,8,12H,3-4,7,9-10H2,1-2H3,(H,18,19,21)/t12-/m1/s1. The lowest BCUT2D eigenvalue weighted by atomic mass is 9.94. The Labute approximate surface area is 144 Å². The Bertz CT molecular complexity index is 783. The van der Waals surface area contributed by atoms with E-state index in [1.807, 2.05) is 12.3 Å². The molecule has 0 radical (unpaired) electrons. The summed E-state index contributed by atoms with van der Waals surface area (Å²) < 4.78 is 5.64. The van der Waals surface area contributed by atoms with Crippen LogP contribution in [0.3, 0.4) is 0 Å². The molecule has 0 aromatic carbocycles. The Hall–Kier alpha value is -2.02. The van der Waals surface area contributed by atoms with Crippen molar-refractivity contribution < 1.29 is 9.21 Å². The number of piperidine rings is 1. The summed E-state index contributed by atoms with van der Waals surface area (Å²) in [6.45, 7) is 3.04. The first-order valence-electron chi connectivity index (χ1n) is 8.01. The smallest absolute Gasteiger partial charge is 0.289 e. The molecule has 1 fully saturated rings. The van der Waals surface area contributed by atoms with Crippen LogP contribution in [0.25, 0.3) is 0 Å². The number of nitrogens with one attached hydrogen (secondary N) is 1. The minimum atomic E-state index is -0.145. The van der Waals surface area contributed by atoms with Crippen molar-refractivity contribution in [2.75, 3.05) is 19.3 Å². The average molecular weight is 347 g/mol. The molecule has 24 heavy (non-hydrogen) atoms. The van der Waals surface area contributed by atoms with Crippen molar-refractivity contribution in [2.24, 2.45) is 0 Å². The van der Waals surface area contributed by atoms with Gasteiger partial charge in [0.05, 0.1) is 11.4 Å². The molecule has 128 valence electrons. The number of aromatic nitrogens is 2. The summed E-state index contributed by atoms with van der Waals surface area (Å²) >= 11 is 1.66. The third-order valence-electron chi connectivity index (χ3n) is 4.17. The molecule has 0 bridgehead atoms. The average Bonchev–Trinajstić information content (AvgIpc) is 3.02. The summed E-state index contributed by atoms with van der Waals surface area (Å²) in [5.74, 6) is 2.55. The van der Waals surface area contributed by atoms with Crippen LogP contribution in [0, 0.1) is 6.92 Å². The number of hydrogen-bond donors (Lipinski definition) is 1. The highest BCUT2D eigenvalue weighted by Gasteiger charge is 2.28. The number of rotatable bonds is 4. The van der Waals surface area contributed by atoms with Crippen molar-refractivity contribution >= 4 is 17.7 Å². The predicted octanol–water partition coefficient (Wildman–Crippen LogP) is 2.55. The molecule has 0 aliphatic carbocycles. The van der Waals surface area contributed by atoms with Crippen molar-refractivity contribution in [3.05, 3.63) is 51.6 Å². The molecule has 0 spiro atoms. The number of carbonyl (C=O) groups is 1. The van der Waals surface area contributed by atoms with Gasteiger partial charge in [-0.1, -0.05) is 0 Å². The predicted molar refractivity (Wildman–Crippen MR) is 93.4 cm³/mol. The van der Waals surface area contributed by atoms with Crippen LogP contribution in [0.4, 0.5) is 0 Å². The number of nitrogens with zero attached hydrogens (tertiary/aromatic N) is 2. The lowest BCUT2D eigenvalue weighted by Crippen LogP contribution is -2.39. The summed E-state index contributed by atoms with van der Waals surface area (Å²) in [7, 11) is 0. The second kappa shape index (κ2) is 7.25. The highest BCUT2D eigenvalue weighted by atomic mass is 32.2. The molecular formula is C17H21N3O3S. The molecule has 6 nitrogen and oxygen atoms in total. The van der Waals surface area contributed by atoms with Gasteiger partial charge in [0.25, 0.3) is 11.5 Å². The maximum atomic E-state index is 12.7. The van der Waals surface area contributed by atoms with Gasteiger partial charge in [-0.15, -0.1) is 0 Å². The Kier molecular flexibility index (Phi) is 5.08. The van der Waals surface area contributed by atoms with E-state index in [1.165, 1.54) is 6.07 Å². The number of amides is 1. The number of aryl methyl sites for hydroxylation is 1. The quantitative estimate of drug-likeness (QED) is 0.919. The van der Waals surface area contributed by atoms with Crippen LogP contribution in [0.1, 0.15) is 46.6 Å². The number of aromatic amines is 1. The van der Waals surface area contributed by atoms with Gasteiger partial charge < -0.3 is 14.3 Å². The van der Waals surface area contributed by atoms with Gasteiger partial charge in [-0.3, -0.25) is 9.59 Å². The molecule has 2 aromatic heterocycles. The molecule has 1 amide bonds. The summed E-state index contributed by atoms with van der Waals surface area (Å²) in [6.07, 6.45) is 3.81. The van der Waals surface area contributed by atoms with Crippen LogP contribution < -0.4 is 5.56 Å². The molecule has 3 rings (SSSR count). The Morgan fingerprint density at radius 1 is 1.50 bits per heavy atom. The van der Waals surface area contributed by atoms with Gasteiger partial charge in [-0.05, 0) is 38.2 Å². The summed E-state index contributed by atoms with van der Waals surface area (Å²) in [4.78, 5) is 33.2. The Morgan fingerprint density at radius 2 is 2.33 bits per heavy atom. The second-order valence-corrected chi connectivity index (χ2v) is 6.91. The van der Waals surface area contributed by atoms with Crippen LogP contribution in [-0.2, 0) is 5.75 Å². The van der Waals surface area contributed by atoms with Crippen molar-refractivity contribution in [1.29, 1.82) is 0 Å². The maximum Gasteiger partial charge on any atom is 0.289 e. The molecule has 2 aromatic rings. The molecule has 0 saturated carbocycles. The minimum Gasteiger partial charge on any atom is -0.455 e. The van der Waals surface area contributed by atoms with Crippen LogP contribution in [-0.4, -0.2) is 40.1 Å². The second-order valence-electron chi connectivity index (χ2n) is 6.04. The van der Waals surface area contributed by atoms with Gasteiger partial charge >= 0.3 is 0 Å². The van der Waals surface area contributed by atoms with Gasteiger partial charge in [-0.25, -0.2) is 4.98 Å². The van der Waals surface area contributed by atoms with Crippen molar-refractivity contribution in [3.8, 4) is 0 Å². The van der Waals surface area contributed by atoms with Crippen LogP contribution in [0.15, 0.2) is 27.4 Å². The number of H-pyrrole nitrogens is 1. The fourth-order valence-corrected chi connectivity index (χ4v) is 3.52. The molecule has 1 aliphatic heterocycles. The van der Waals surface area contributed by atoms with E-state index in [1.54, 1.807) is 29.7 Å². The molecule has 0 unspecified atom stereocenters. The maximum absolute atomic E-state index is 12.7. The number of thioether (sulfide) groups is 1. The lowest BCUT2D eigenvalue weighted by molar-refractivity contribution is 0.0672. The lowest BCUT2D eigenvalue weighted by Gasteiger charge is -2.32. The van der Waals surface area contributed by atoms with Crippen molar-refractivity contribution in [2.45, 2.75) is 31.4 Å². The number of carbonyl (C=O) groups excluding carboxylic acids is 1. The third-order valence-corrected chi connectivity index (χ3v) is 4.74. The monoisotopic (exact) mass is 347 g/mol. The van der Waals surface area contributed by atoms with Gasteiger partial charge in [0.1, 0.15) is 11.6 Å². The highest BCUT2D eigenvalue weighted by Crippen LogP contribution is 2.26. The molecule has 7 heteroatoms. The summed E-state index contributed by atoms with van der Waals surface area (Å²) in [6, 6.07) is 5.13. The molecule has 1 atom stereocenters. The van der Waals surface area contributed by atoms with Crippen LogP contribution >= 0.6 is 11.8 Å². The molecule has 1 aliphatic rings. The Morgan fingerprint density at radius 3 is 3.08 bits per heavy atom. The van der Waals surface area contributed by atoms with E-state index in [9.17, 15) is 9.59 Å². The zero-order valence-corrected chi connectivity index (χ0v) is 14.7. The van der Waals surface area contributed by atoms with E-state index in [0.717, 1.165) is 30.0 Å². The zero-order valence-electron chi connectivity index (χ0n) is 13.9. The fraction of sp³-hybridized carbons (Fsp3) is 0.471. The van der Waals surface area contributed by atoms with Gasteiger partial charge in [0.15, 0.2) is 5.76 Å². The van der Waals surface area contributed by atoms with Crippen LogP contribution in [0.2, 0.25) is 0 Å². The van der Waals surface area contributed by atoms with Gasteiger partial charge in [-0.2, -0.15) is 11.8 Å². The van der Waals surface area contributed by atoms with Crippen LogP contribution in [0.5, 0.6) is 0 Å². The number of furan rings is 1. The summed E-state index contributed by atoms with van der Waals surface area (Å²) in [5, 5.41) is 0. The fourth-order valence-electron chi connectivity index (χ4n) is 3.08. The third kappa shape index (κ3) is 3.72. The molecule has 1 saturated heterocycles. The normalized spacial score (nSPS) is 17.9. The highest BCUT2D eigenvalue weighted by molar-refractivity contribution is 7.97. The largest absolute Gasteiger partial charge is 0.455 e. The number of hydrogen-bond acceptors (Lipinski definition) is 5. The first-order chi connectivity index (χ1) is 11.6. The van der Waals surface area contributed by atoms with Gasteiger partial charge in [0, 0.05) is 25.1 Å². The van der Waals surface area contributed by atoms with E-state index in [-0.39, 0.29) is 17.4 Å². The minimum absolute atomic E-state index is 0.0873. The zero-order chi connectivity index (χ0) is 17.1. The first kappa shape index (κ1) is 16.8. The molecule has 3 heterocycles. The summed E-state index contributed by atoms with van der Waals surface area (Å²) in [5.41, 5.74) is 0.616. The van der Waals surface area contributed by atoms with Crippen molar-refractivity contribution in [1.82, 2.24) is 14.9 Å². The van der Waals surface area contributed by atoms with E-state index in [0.29, 0.717) is 24.7 Å². The first-order valence-corrected chi connectivity index (χ1v) is 9.41. The van der Waals surface area contributed by atoms with Crippen molar-refractivity contribution in [3.63, 3.8) is 0 Å². The van der Waals surface area contributed by atoms with E-state index < -0.39 is 0 Å². The van der Waals surface area contributed by atoms with E-state index >= 15 is 0 Å². The van der Waals surface area contributed by atoms with E-state index in [4.69, 9.17) is 4.42 Å². The SMILES string of the molecule is CSCc1ccc(C(=O)N2CCC[C@@H](c3cc(=O)[nH]c(C)n3)C2)o1.